The molecular formula is C19H22N4O3. The maximum atomic E-state index is 12.8. The van der Waals surface area contributed by atoms with Crippen LogP contribution in [-0.2, 0) is 9.47 Å². The number of aromatic nitrogens is 2. The summed E-state index contributed by atoms with van der Waals surface area (Å²) < 4.78 is 11.4. The minimum atomic E-state index is -0.486. The highest BCUT2D eigenvalue weighted by molar-refractivity contribution is 5.92. The molecule has 0 aliphatic carbocycles. The molecule has 1 aromatic heterocycles. The van der Waals surface area contributed by atoms with Crippen LogP contribution in [0.4, 0.5) is 11.6 Å². The van der Waals surface area contributed by atoms with Crippen molar-refractivity contribution in [3.63, 3.8) is 0 Å². The molecule has 7 nitrogen and oxygen atoms in total. The standard InChI is InChI=1S/C19H22N4O3/c1-14-2-4-15(5-3-14)21-18-20-9-6-16(22-18)17(24)23-10-7-19(8-11-23)25-12-13-26-19/h2-6,9H,7-8,10-13H2,1H3,(H,20,21,22). The molecule has 2 aromatic rings. The van der Waals surface area contributed by atoms with Crippen molar-refractivity contribution in [2.75, 3.05) is 31.6 Å². The number of nitrogens with zero attached hydrogens (tertiary/aromatic N) is 3. The van der Waals surface area contributed by atoms with Crippen LogP contribution in [0.5, 0.6) is 0 Å². The molecular weight excluding hydrogens is 332 g/mol. The summed E-state index contributed by atoms with van der Waals surface area (Å²) in [4.78, 5) is 23.2. The summed E-state index contributed by atoms with van der Waals surface area (Å²) in [6.45, 7) is 4.50. The Hall–Kier alpha value is -2.51. The molecule has 26 heavy (non-hydrogen) atoms. The molecule has 1 aromatic carbocycles. The number of hydrogen-bond donors (Lipinski definition) is 1. The smallest absolute Gasteiger partial charge is 0.272 e. The van der Waals surface area contributed by atoms with E-state index in [4.69, 9.17) is 9.47 Å². The van der Waals surface area contributed by atoms with Gasteiger partial charge in [-0.2, -0.15) is 0 Å². The van der Waals surface area contributed by atoms with Gasteiger partial charge < -0.3 is 19.7 Å². The van der Waals surface area contributed by atoms with Gasteiger partial charge in [0.2, 0.25) is 5.95 Å². The molecule has 0 bridgehead atoms. The third-order valence-corrected chi connectivity index (χ3v) is 4.81. The first-order valence-electron chi connectivity index (χ1n) is 8.88. The Morgan fingerprint density at radius 3 is 2.50 bits per heavy atom. The average Bonchev–Trinajstić information content (AvgIpc) is 3.12. The number of nitrogens with one attached hydrogen (secondary N) is 1. The van der Waals surface area contributed by atoms with E-state index in [1.807, 2.05) is 31.2 Å². The molecule has 1 amide bonds. The van der Waals surface area contributed by atoms with Gasteiger partial charge in [-0.15, -0.1) is 0 Å². The lowest BCUT2D eigenvalue weighted by atomic mass is 10.0. The van der Waals surface area contributed by atoms with Gasteiger partial charge in [0.05, 0.1) is 13.2 Å². The first kappa shape index (κ1) is 16.9. The summed E-state index contributed by atoms with van der Waals surface area (Å²) in [7, 11) is 0. The molecule has 1 spiro atoms. The van der Waals surface area contributed by atoms with Crippen molar-refractivity contribution < 1.29 is 14.3 Å². The van der Waals surface area contributed by atoms with Crippen LogP contribution in [0.25, 0.3) is 0 Å². The Morgan fingerprint density at radius 2 is 1.81 bits per heavy atom. The Bertz CT molecular complexity index is 778. The van der Waals surface area contributed by atoms with Crippen LogP contribution in [0.15, 0.2) is 36.5 Å². The number of anilines is 2. The SMILES string of the molecule is Cc1ccc(Nc2nccc(C(=O)N3CCC4(CC3)OCCO4)n2)cc1. The van der Waals surface area contributed by atoms with Crippen molar-refractivity contribution in [3.05, 3.63) is 47.8 Å². The number of carbonyl (C=O) groups excluding carboxylic acids is 1. The first-order valence-corrected chi connectivity index (χ1v) is 8.88. The van der Waals surface area contributed by atoms with Crippen LogP contribution in [0, 0.1) is 6.92 Å². The van der Waals surface area contributed by atoms with E-state index < -0.39 is 5.79 Å². The van der Waals surface area contributed by atoms with Gasteiger partial charge in [-0.05, 0) is 25.1 Å². The molecule has 2 saturated heterocycles. The van der Waals surface area contributed by atoms with E-state index in [9.17, 15) is 4.79 Å². The third kappa shape index (κ3) is 3.54. The Balaban J connectivity index is 1.42. The Kier molecular flexibility index (Phi) is 4.57. The van der Waals surface area contributed by atoms with Crippen LogP contribution in [0.3, 0.4) is 0 Å². The van der Waals surface area contributed by atoms with Gasteiger partial charge in [-0.1, -0.05) is 17.7 Å². The van der Waals surface area contributed by atoms with Crippen LogP contribution in [0.1, 0.15) is 28.9 Å². The second-order valence-corrected chi connectivity index (χ2v) is 6.66. The highest BCUT2D eigenvalue weighted by Crippen LogP contribution is 2.31. The van der Waals surface area contributed by atoms with E-state index in [0.717, 1.165) is 5.69 Å². The van der Waals surface area contributed by atoms with Crippen molar-refractivity contribution in [1.29, 1.82) is 0 Å². The molecule has 7 heteroatoms. The normalized spacial score (nSPS) is 18.9. The molecule has 2 aliphatic rings. The summed E-state index contributed by atoms with van der Waals surface area (Å²) in [6.07, 6.45) is 2.99. The molecule has 0 saturated carbocycles. The number of benzene rings is 1. The predicted molar refractivity (Wildman–Crippen MR) is 96.3 cm³/mol. The topological polar surface area (TPSA) is 76.6 Å². The zero-order valence-electron chi connectivity index (χ0n) is 14.8. The summed E-state index contributed by atoms with van der Waals surface area (Å²) in [5, 5.41) is 3.14. The third-order valence-electron chi connectivity index (χ3n) is 4.81. The van der Waals surface area contributed by atoms with Crippen molar-refractivity contribution in [3.8, 4) is 0 Å². The van der Waals surface area contributed by atoms with E-state index in [-0.39, 0.29) is 5.91 Å². The lowest BCUT2D eigenvalue weighted by molar-refractivity contribution is -0.181. The average molecular weight is 354 g/mol. The largest absolute Gasteiger partial charge is 0.347 e. The highest BCUT2D eigenvalue weighted by atomic mass is 16.7. The fraction of sp³-hybridized carbons (Fsp3) is 0.421. The van der Waals surface area contributed by atoms with Crippen molar-refractivity contribution in [1.82, 2.24) is 14.9 Å². The second kappa shape index (κ2) is 7.01. The quantitative estimate of drug-likeness (QED) is 0.913. The molecule has 0 radical (unpaired) electrons. The van der Waals surface area contributed by atoms with Gasteiger partial charge in [0, 0.05) is 37.8 Å². The number of amides is 1. The van der Waals surface area contributed by atoms with E-state index in [2.05, 4.69) is 15.3 Å². The maximum Gasteiger partial charge on any atom is 0.272 e. The van der Waals surface area contributed by atoms with Gasteiger partial charge in [0.1, 0.15) is 5.69 Å². The maximum absolute atomic E-state index is 12.8. The number of likely N-dealkylation sites (tertiary alicyclic amines) is 1. The monoisotopic (exact) mass is 354 g/mol. The minimum absolute atomic E-state index is 0.0906. The van der Waals surface area contributed by atoms with E-state index >= 15 is 0 Å². The van der Waals surface area contributed by atoms with Crippen molar-refractivity contribution in [2.45, 2.75) is 25.6 Å². The molecule has 0 atom stereocenters. The van der Waals surface area contributed by atoms with E-state index in [1.54, 1.807) is 17.2 Å². The van der Waals surface area contributed by atoms with Gasteiger partial charge in [-0.25, -0.2) is 9.97 Å². The Labute approximate surface area is 152 Å². The molecule has 3 heterocycles. The number of aryl methyl sites for hydroxylation is 1. The summed E-state index contributed by atoms with van der Waals surface area (Å²) in [6, 6.07) is 9.58. The number of carbonyl (C=O) groups is 1. The molecule has 136 valence electrons. The second-order valence-electron chi connectivity index (χ2n) is 6.66. The van der Waals surface area contributed by atoms with Gasteiger partial charge >= 0.3 is 0 Å². The molecule has 2 fully saturated rings. The fourth-order valence-corrected chi connectivity index (χ4v) is 3.30. The molecule has 1 N–H and O–H groups in total. The van der Waals surface area contributed by atoms with Crippen molar-refractivity contribution in [2.24, 2.45) is 0 Å². The van der Waals surface area contributed by atoms with Gasteiger partial charge in [0.25, 0.3) is 5.91 Å². The number of ether oxygens (including phenoxy) is 2. The summed E-state index contributed by atoms with van der Waals surface area (Å²) >= 11 is 0. The number of piperidine rings is 1. The number of rotatable bonds is 3. The van der Waals surface area contributed by atoms with Crippen molar-refractivity contribution >= 4 is 17.5 Å². The van der Waals surface area contributed by atoms with Crippen LogP contribution < -0.4 is 5.32 Å². The zero-order chi connectivity index (χ0) is 18.0. The van der Waals surface area contributed by atoms with Gasteiger partial charge in [-0.3, -0.25) is 4.79 Å². The summed E-state index contributed by atoms with van der Waals surface area (Å²) in [5.41, 5.74) is 2.45. The van der Waals surface area contributed by atoms with Gasteiger partial charge in [0.15, 0.2) is 5.79 Å². The number of hydrogen-bond acceptors (Lipinski definition) is 6. The van der Waals surface area contributed by atoms with Crippen LogP contribution in [0.2, 0.25) is 0 Å². The van der Waals surface area contributed by atoms with E-state index in [1.165, 1.54) is 5.56 Å². The highest BCUT2D eigenvalue weighted by Gasteiger charge is 2.41. The molecule has 0 unspecified atom stereocenters. The molecule has 4 rings (SSSR count). The zero-order valence-corrected chi connectivity index (χ0v) is 14.8. The summed E-state index contributed by atoms with van der Waals surface area (Å²) in [5.74, 6) is -0.163. The van der Waals surface area contributed by atoms with Crippen LogP contribution >= 0.6 is 0 Å². The first-order chi connectivity index (χ1) is 12.6. The fourth-order valence-electron chi connectivity index (χ4n) is 3.30. The predicted octanol–water partition coefficient (Wildman–Crippen LogP) is 2.51. The Morgan fingerprint density at radius 1 is 1.12 bits per heavy atom. The lowest BCUT2D eigenvalue weighted by Gasteiger charge is -2.37. The van der Waals surface area contributed by atoms with E-state index in [0.29, 0.717) is 50.8 Å². The lowest BCUT2D eigenvalue weighted by Crippen LogP contribution is -2.47. The minimum Gasteiger partial charge on any atom is -0.347 e. The van der Waals surface area contributed by atoms with Crippen LogP contribution in [-0.4, -0.2) is 52.9 Å². The molecule has 2 aliphatic heterocycles.